The van der Waals surface area contributed by atoms with Crippen molar-refractivity contribution in [3.63, 3.8) is 0 Å². The summed E-state index contributed by atoms with van der Waals surface area (Å²) < 4.78 is 59.9. The Morgan fingerprint density at radius 2 is 1.97 bits per heavy atom. The average molecular weight is 436 g/mol. The van der Waals surface area contributed by atoms with Crippen molar-refractivity contribution in [3.05, 3.63) is 35.9 Å². The second-order valence-electron chi connectivity index (χ2n) is 7.61. The van der Waals surface area contributed by atoms with Crippen LogP contribution in [0.3, 0.4) is 0 Å². The first-order valence-corrected chi connectivity index (χ1v) is 10.8. The van der Waals surface area contributed by atoms with Crippen molar-refractivity contribution in [2.24, 2.45) is 0 Å². The number of nitrogen functional groups attached to an aromatic ring is 1. The number of H-pyrrole nitrogens is 1. The van der Waals surface area contributed by atoms with Gasteiger partial charge in [0, 0.05) is 18.0 Å². The standard InChI is InChI=1S/C20H22F2N4O3S/c1-11-8-13(30(27,28)26-10-20(21,22)9-12(26)2)4-5-14(11)15-6-7-16-17(18(15)29-3)19(23)25-24-16/h4-8,12H,9-10H2,1-3H3,(H3,23,24,25)/t12-/m0/s1. The molecule has 0 bridgehead atoms. The van der Waals surface area contributed by atoms with Gasteiger partial charge in [-0.2, -0.15) is 9.40 Å². The maximum atomic E-state index is 13.7. The average Bonchev–Trinajstić information content (AvgIpc) is 3.19. The van der Waals surface area contributed by atoms with Crippen LogP contribution >= 0.6 is 0 Å². The van der Waals surface area contributed by atoms with Gasteiger partial charge >= 0.3 is 0 Å². The summed E-state index contributed by atoms with van der Waals surface area (Å²) in [6, 6.07) is 7.46. The van der Waals surface area contributed by atoms with E-state index in [1.165, 1.54) is 26.2 Å². The molecule has 4 rings (SSSR count). The molecule has 1 aliphatic rings. The number of aryl methyl sites for hydroxylation is 1. The highest BCUT2D eigenvalue weighted by Crippen LogP contribution is 2.41. The molecule has 1 atom stereocenters. The van der Waals surface area contributed by atoms with E-state index in [9.17, 15) is 17.2 Å². The van der Waals surface area contributed by atoms with Crippen LogP contribution in [0.15, 0.2) is 35.2 Å². The van der Waals surface area contributed by atoms with Crippen LogP contribution in [0, 0.1) is 6.92 Å². The van der Waals surface area contributed by atoms with Crippen molar-refractivity contribution in [2.75, 3.05) is 19.4 Å². The number of methoxy groups -OCH3 is 1. The first-order chi connectivity index (χ1) is 14.0. The van der Waals surface area contributed by atoms with Crippen LogP contribution in [0.25, 0.3) is 22.0 Å². The van der Waals surface area contributed by atoms with Crippen molar-refractivity contribution < 1.29 is 21.9 Å². The lowest BCUT2D eigenvalue weighted by Gasteiger charge is -2.21. The highest BCUT2D eigenvalue weighted by atomic mass is 32.2. The van der Waals surface area contributed by atoms with Crippen molar-refractivity contribution in [3.8, 4) is 16.9 Å². The number of anilines is 1. The number of nitrogens with zero attached hydrogens (tertiary/aromatic N) is 2. The number of alkyl halides is 2. The Kier molecular flexibility index (Phi) is 4.74. The van der Waals surface area contributed by atoms with Crippen molar-refractivity contribution in [1.29, 1.82) is 0 Å². The number of rotatable bonds is 4. The number of halogens is 2. The van der Waals surface area contributed by atoms with Crippen molar-refractivity contribution in [2.45, 2.75) is 37.1 Å². The lowest BCUT2D eigenvalue weighted by molar-refractivity contribution is 0.0173. The van der Waals surface area contributed by atoms with Crippen molar-refractivity contribution >= 4 is 26.7 Å². The molecular formula is C20H22F2N4O3S. The van der Waals surface area contributed by atoms with E-state index in [4.69, 9.17) is 10.5 Å². The Bertz CT molecular complexity index is 1240. The molecule has 2 heterocycles. The zero-order valence-electron chi connectivity index (χ0n) is 16.7. The van der Waals surface area contributed by atoms with Gasteiger partial charge in [-0.1, -0.05) is 6.07 Å². The highest BCUT2D eigenvalue weighted by Gasteiger charge is 2.48. The highest BCUT2D eigenvalue weighted by molar-refractivity contribution is 7.89. The lowest BCUT2D eigenvalue weighted by Crippen LogP contribution is -2.35. The molecule has 3 aromatic rings. The second-order valence-corrected chi connectivity index (χ2v) is 9.50. The number of fused-ring (bicyclic) bond motifs is 1. The Morgan fingerprint density at radius 1 is 1.27 bits per heavy atom. The Balaban J connectivity index is 1.78. The van der Waals surface area contributed by atoms with E-state index in [-0.39, 0.29) is 4.90 Å². The molecule has 160 valence electrons. The van der Waals surface area contributed by atoms with E-state index in [1.54, 1.807) is 13.0 Å². The molecule has 3 N–H and O–H groups in total. The minimum Gasteiger partial charge on any atom is -0.495 e. The summed E-state index contributed by atoms with van der Waals surface area (Å²) >= 11 is 0. The number of nitrogens with two attached hydrogens (primary N) is 1. The fraction of sp³-hybridized carbons (Fsp3) is 0.350. The predicted molar refractivity (Wildman–Crippen MR) is 110 cm³/mol. The molecule has 0 saturated carbocycles. The number of aromatic nitrogens is 2. The molecule has 1 aliphatic heterocycles. The molecule has 0 aliphatic carbocycles. The third kappa shape index (κ3) is 3.20. The Labute approximate surface area is 172 Å². The fourth-order valence-corrected chi connectivity index (χ4v) is 5.81. The predicted octanol–water partition coefficient (Wildman–Crippen LogP) is 3.55. The molecule has 1 saturated heterocycles. The van der Waals surface area contributed by atoms with Crippen LogP contribution in [0.2, 0.25) is 0 Å². The van der Waals surface area contributed by atoms with Gasteiger partial charge in [0.05, 0.1) is 29.5 Å². The number of benzene rings is 2. The summed E-state index contributed by atoms with van der Waals surface area (Å²) in [6.45, 7) is 2.45. The molecule has 0 radical (unpaired) electrons. The number of sulfonamides is 1. The number of hydrogen-bond acceptors (Lipinski definition) is 5. The minimum absolute atomic E-state index is 0.0174. The van der Waals surface area contributed by atoms with Crippen molar-refractivity contribution in [1.82, 2.24) is 14.5 Å². The van der Waals surface area contributed by atoms with Crippen LogP contribution in [0.4, 0.5) is 14.6 Å². The van der Waals surface area contributed by atoms with Gasteiger partial charge in [-0.3, -0.25) is 5.10 Å². The van der Waals surface area contributed by atoms with Crippen LogP contribution < -0.4 is 10.5 Å². The van der Waals surface area contributed by atoms with Gasteiger partial charge in [0.1, 0.15) is 5.75 Å². The normalized spacial score (nSPS) is 19.4. The summed E-state index contributed by atoms with van der Waals surface area (Å²) in [6.07, 6.45) is -0.480. The maximum absolute atomic E-state index is 13.7. The summed E-state index contributed by atoms with van der Waals surface area (Å²) in [5.41, 5.74) is 8.80. The van der Waals surface area contributed by atoms with Gasteiger partial charge in [-0.15, -0.1) is 0 Å². The van der Waals surface area contributed by atoms with E-state index in [0.29, 0.717) is 28.0 Å². The monoisotopic (exact) mass is 436 g/mol. The summed E-state index contributed by atoms with van der Waals surface area (Å²) in [4.78, 5) is -0.0174. The molecule has 10 heteroatoms. The first-order valence-electron chi connectivity index (χ1n) is 9.36. The summed E-state index contributed by atoms with van der Waals surface area (Å²) in [7, 11) is -2.52. The molecule has 7 nitrogen and oxygen atoms in total. The smallest absolute Gasteiger partial charge is 0.263 e. The maximum Gasteiger partial charge on any atom is 0.263 e. The van der Waals surface area contributed by atoms with Gasteiger partial charge in [0.25, 0.3) is 5.92 Å². The quantitative estimate of drug-likeness (QED) is 0.651. The summed E-state index contributed by atoms with van der Waals surface area (Å²) in [5, 5.41) is 7.46. The SMILES string of the molecule is COc1c(-c2ccc(S(=O)(=O)N3CC(F)(F)C[C@@H]3C)cc2C)ccc2[nH]nc(N)c12. The van der Waals surface area contributed by atoms with Gasteiger partial charge in [0.15, 0.2) is 5.82 Å². The Morgan fingerprint density at radius 3 is 2.57 bits per heavy atom. The van der Waals surface area contributed by atoms with Crippen LogP contribution in [0.1, 0.15) is 18.9 Å². The number of ether oxygens (including phenoxy) is 1. The van der Waals surface area contributed by atoms with E-state index in [0.717, 1.165) is 15.4 Å². The third-order valence-electron chi connectivity index (χ3n) is 5.48. The molecule has 0 spiro atoms. The van der Waals surface area contributed by atoms with Gasteiger partial charge < -0.3 is 10.5 Å². The molecule has 0 amide bonds. The van der Waals surface area contributed by atoms with Crippen LogP contribution in [-0.2, 0) is 10.0 Å². The largest absolute Gasteiger partial charge is 0.495 e. The second kappa shape index (κ2) is 6.92. The minimum atomic E-state index is -4.04. The van der Waals surface area contributed by atoms with E-state index in [1.807, 2.05) is 12.1 Å². The van der Waals surface area contributed by atoms with Crippen LogP contribution in [-0.4, -0.2) is 48.5 Å². The van der Waals surface area contributed by atoms with E-state index < -0.39 is 35.0 Å². The number of hydrogen-bond donors (Lipinski definition) is 2. The zero-order chi connectivity index (χ0) is 21.8. The van der Waals surface area contributed by atoms with Gasteiger partial charge in [-0.05, 0) is 49.2 Å². The molecule has 1 fully saturated rings. The summed E-state index contributed by atoms with van der Waals surface area (Å²) in [5.74, 6) is -2.20. The van der Waals surface area contributed by atoms with Gasteiger partial charge in [0.2, 0.25) is 10.0 Å². The molecule has 0 unspecified atom stereocenters. The lowest BCUT2D eigenvalue weighted by atomic mass is 9.98. The zero-order valence-corrected chi connectivity index (χ0v) is 17.6. The Hall–Kier alpha value is -2.72. The van der Waals surface area contributed by atoms with Gasteiger partial charge in [-0.25, -0.2) is 17.2 Å². The van der Waals surface area contributed by atoms with E-state index in [2.05, 4.69) is 10.2 Å². The first kappa shape index (κ1) is 20.5. The third-order valence-corrected chi connectivity index (χ3v) is 7.44. The molecule has 30 heavy (non-hydrogen) atoms. The van der Waals surface area contributed by atoms with Crippen LogP contribution in [0.5, 0.6) is 5.75 Å². The molecular weight excluding hydrogens is 414 g/mol. The fourth-order valence-electron chi connectivity index (χ4n) is 4.07. The number of nitrogens with one attached hydrogen (secondary N) is 1. The van der Waals surface area contributed by atoms with E-state index >= 15 is 0 Å². The molecule has 1 aromatic heterocycles. The topological polar surface area (TPSA) is 101 Å². The number of aromatic amines is 1. The molecule has 2 aromatic carbocycles.